The Labute approximate surface area is 75.1 Å². The quantitative estimate of drug-likeness (QED) is 0.580. The molecule has 0 radical (unpaired) electrons. The summed E-state index contributed by atoms with van der Waals surface area (Å²) in [5.41, 5.74) is 4.19. The fourth-order valence-corrected chi connectivity index (χ4v) is 1.74. The van der Waals surface area contributed by atoms with Crippen molar-refractivity contribution in [2.45, 2.75) is 47.1 Å². The highest BCUT2D eigenvalue weighted by Crippen LogP contribution is 2.30. The third kappa shape index (κ3) is 1.40. The molecule has 0 fully saturated rings. The second-order valence-corrected chi connectivity index (χ2v) is 3.46. The van der Waals surface area contributed by atoms with E-state index in [0.717, 1.165) is 12.2 Å². The van der Waals surface area contributed by atoms with E-state index in [2.05, 4.69) is 27.7 Å². The van der Waals surface area contributed by atoms with Gasteiger partial charge in [-0.25, -0.2) is 0 Å². The van der Waals surface area contributed by atoms with Gasteiger partial charge in [-0.15, -0.1) is 0 Å². The van der Waals surface area contributed by atoms with Crippen molar-refractivity contribution in [1.29, 1.82) is 0 Å². The van der Waals surface area contributed by atoms with Crippen LogP contribution in [-0.2, 0) is 4.74 Å². The molecule has 0 amide bonds. The normalized spacial score (nSPS) is 24.6. The van der Waals surface area contributed by atoms with Gasteiger partial charge in [0.05, 0.1) is 5.76 Å². The van der Waals surface area contributed by atoms with Crippen molar-refractivity contribution in [3.63, 3.8) is 0 Å². The van der Waals surface area contributed by atoms with Crippen LogP contribution < -0.4 is 0 Å². The monoisotopic (exact) mass is 166 g/mol. The summed E-state index contributed by atoms with van der Waals surface area (Å²) in [5, 5.41) is 0. The molecule has 0 aromatic carbocycles. The van der Waals surface area contributed by atoms with Crippen LogP contribution in [0.1, 0.15) is 41.0 Å². The van der Waals surface area contributed by atoms with Gasteiger partial charge in [0.2, 0.25) is 0 Å². The highest BCUT2D eigenvalue weighted by atomic mass is 16.5. The fourth-order valence-electron chi connectivity index (χ4n) is 1.74. The highest BCUT2D eigenvalue weighted by molar-refractivity contribution is 5.38. The highest BCUT2D eigenvalue weighted by Gasteiger charge is 2.18. The average molecular weight is 166 g/mol. The molecule has 0 aliphatic carbocycles. The topological polar surface area (TPSA) is 9.23 Å². The summed E-state index contributed by atoms with van der Waals surface area (Å²) >= 11 is 0. The molecule has 1 rings (SSSR count). The lowest BCUT2D eigenvalue weighted by Crippen LogP contribution is -2.16. The number of ether oxygens (including phenoxy) is 1. The summed E-state index contributed by atoms with van der Waals surface area (Å²) < 4.78 is 5.66. The molecule has 12 heavy (non-hydrogen) atoms. The molecular weight excluding hydrogens is 148 g/mol. The van der Waals surface area contributed by atoms with Crippen molar-refractivity contribution in [3.05, 3.63) is 22.5 Å². The number of rotatable bonds is 1. The molecular formula is C11H18O. The van der Waals surface area contributed by atoms with Crippen molar-refractivity contribution in [3.8, 4) is 0 Å². The van der Waals surface area contributed by atoms with Crippen LogP contribution in [0, 0.1) is 0 Å². The zero-order valence-electron chi connectivity index (χ0n) is 8.69. The Bertz CT molecular complexity index is 246. The molecule has 1 heteroatoms. The zero-order chi connectivity index (χ0) is 9.30. The number of hydrogen-bond donors (Lipinski definition) is 0. The summed E-state index contributed by atoms with van der Waals surface area (Å²) in [6.07, 6.45) is 1.38. The van der Waals surface area contributed by atoms with Crippen LogP contribution >= 0.6 is 0 Å². The summed E-state index contributed by atoms with van der Waals surface area (Å²) in [4.78, 5) is 0. The minimum atomic E-state index is 0.267. The molecule has 1 aliphatic heterocycles. The summed E-state index contributed by atoms with van der Waals surface area (Å²) in [6.45, 7) is 10.7. The first-order valence-electron chi connectivity index (χ1n) is 4.62. The van der Waals surface area contributed by atoms with Crippen molar-refractivity contribution in [2.75, 3.05) is 0 Å². The third-order valence-electron chi connectivity index (χ3n) is 2.77. The molecule has 1 unspecified atom stereocenters. The molecule has 0 N–H and O–H groups in total. The average Bonchev–Trinajstić information content (AvgIpc) is 2.02. The van der Waals surface area contributed by atoms with Crippen LogP contribution in [0.3, 0.4) is 0 Å². The van der Waals surface area contributed by atoms with Gasteiger partial charge in [-0.3, -0.25) is 0 Å². The maximum absolute atomic E-state index is 5.66. The number of allylic oxidation sites excluding steroid dienone is 3. The standard InChI is InChI=1S/C11H18O/c1-6-11-7(2)9(4)12-10(5)8(11)3/h9H,6H2,1-5H3. The van der Waals surface area contributed by atoms with Crippen LogP contribution in [0.5, 0.6) is 0 Å². The van der Waals surface area contributed by atoms with Gasteiger partial charge in [-0.1, -0.05) is 6.92 Å². The van der Waals surface area contributed by atoms with E-state index in [0.29, 0.717) is 0 Å². The van der Waals surface area contributed by atoms with E-state index in [-0.39, 0.29) is 6.10 Å². The first kappa shape index (κ1) is 9.37. The van der Waals surface area contributed by atoms with Crippen LogP contribution in [0.2, 0.25) is 0 Å². The summed E-state index contributed by atoms with van der Waals surface area (Å²) in [6, 6.07) is 0. The van der Waals surface area contributed by atoms with E-state index in [1.54, 1.807) is 0 Å². The van der Waals surface area contributed by atoms with E-state index in [4.69, 9.17) is 4.74 Å². The predicted molar refractivity (Wildman–Crippen MR) is 51.9 cm³/mol. The largest absolute Gasteiger partial charge is 0.491 e. The fraction of sp³-hybridized carbons (Fsp3) is 0.636. The lowest BCUT2D eigenvalue weighted by molar-refractivity contribution is 0.152. The Morgan fingerprint density at radius 3 is 2.33 bits per heavy atom. The van der Waals surface area contributed by atoms with Crippen molar-refractivity contribution in [2.24, 2.45) is 0 Å². The van der Waals surface area contributed by atoms with Gasteiger partial charge in [0, 0.05) is 0 Å². The van der Waals surface area contributed by atoms with Crippen LogP contribution in [-0.4, -0.2) is 6.10 Å². The predicted octanol–water partition coefficient (Wildman–Crippen LogP) is 3.43. The van der Waals surface area contributed by atoms with Gasteiger partial charge < -0.3 is 4.74 Å². The molecule has 0 aromatic rings. The Morgan fingerprint density at radius 2 is 1.83 bits per heavy atom. The molecule has 1 nitrogen and oxygen atoms in total. The lowest BCUT2D eigenvalue weighted by atomic mass is 9.94. The summed E-state index contributed by atoms with van der Waals surface area (Å²) in [5.74, 6) is 1.09. The van der Waals surface area contributed by atoms with Crippen LogP contribution in [0.4, 0.5) is 0 Å². The molecule has 0 spiro atoms. The first-order chi connectivity index (χ1) is 5.57. The second-order valence-electron chi connectivity index (χ2n) is 3.46. The lowest BCUT2D eigenvalue weighted by Gasteiger charge is -2.26. The maximum Gasteiger partial charge on any atom is 0.117 e. The maximum atomic E-state index is 5.66. The van der Waals surface area contributed by atoms with E-state index >= 15 is 0 Å². The van der Waals surface area contributed by atoms with Crippen molar-refractivity contribution < 1.29 is 4.74 Å². The third-order valence-corrected chi connectivity index (χ3v) is 2.77. The van der Waals surface area contributed by atoms with Gasteiger partial charge in [-0.05, 0) is 50.8 Å². The van der Waals surface area contributed by atoms with Crippen molar-refractivity contribution >= 4 is 0 Å². The van der Waals surface area contributed by atoms with Crippen molar-refractivity contribution in [1.82, 2.24) is 0 Å². The van der Waals surface area contributed by atoms with E-state index in [1.165, 1.54) is 16.7 Å². The van der Waals surface area contributed by atoms with Crippen LogP contribution in [0.25, 0.3) is 0 Å². The Morgan fingerprint density at radius 1 is 1.25 bits per heavy atom. The Kier molecular flexibility index (Phi) is 2.61. The zero-order valence-corrected chi connectivity index (χ0v) is 8.69. The molecule has 0 saturated heterocycles. The van der Waals surface area contributed by atoms with Gasteiger partial charge >= 0.3 is 0 Å². The number of hydrogen-bond acceptors (Lipinski definition) is 1. The van der Waals surface area contributed by atoms with E-state index in [9.17, 15) is 0 Å². The second kappa shape index (κ2) is 3.34. The first-order valence-corrected chi connectivity index (χ1v) is 4.62. The van der Waals surface area contributed by atoms with E-state index < -0.39 is 0 Å². The minimum absolute atomic E-state index is 0.267. The molecule has 0 bridgehead atoms. The van der Waals surface area contributed by atoms with Gasteiger partial charge in [-0.2, -0.15) is 0 Å². The summed E-state index contributed by atoms with van der Waals surface area (Å²) in [7, 11) is 0. The molecule has 1 aliphatic rings. The molecule has 0 saturated carbocycles. The Hall–Kier alpha value is -0.720. The minimum Gasteiger partial charge on any atom is -0.491 e. The van der Waals surface area contributed by atoms with Gasteiger partial charge in [0.15, 0.2) is 0 Å². The van der Waals surface area contributed by atoms with Gasteiger partial charge in [0.1, 0.15) is 6.10 Å². The van der Waals surface area contributed by atoms with Gasteiger partial charge in [0.25, 0.3) is 0 Å². The molecule has 1 atom stereocenters. The molecule has 68 valence electrons. The Balaban J connectivity index is 3.09. The molecule has 0 aromatic heterocycles. The molecule has 1 heterocycles. The SMILES string of the molecule is CCC1=C(C)C(C)OC(C)=C1C. The smallest absolute Gasteiger partial charge is 0.117 e. The van der Waals surface area contributed by atoms with E-state index in [1.807, 2.05) is 6.92 Å². The van der Waals surface area contributed by atoms with Crippen LogP contribution in [0.15, 0.2) is 22.5 Å².